The predicted molar refractivity (Wildman–Crippen MR) is 110 cm³/mol. The molecule has 0 N–H and O–H groups in total. The zero-order valence-corrected chi connectivity index (χ0v) is 15.5. The third kappa shape index (κ3) is 3.51. The van der Waals surface area contributed by atoms with Gasteiger partial charge in [0.2, 0.25) is 0 Å². The Morgan fingerprint density at radius 3 is 1.88 bits per heavy atom. The van der Waals surface area contributed by atoms with Crippen LogP contribution in [0.2, 0.25) is 0 Å². The van der Waals surface area contributed by atoms with Gasteiger partial charge in [0.05, 0.1) is 5.69 Å². The average Bonchev–Trinajstić information content (AvgIpc) is 2.70. The highest BCUT2D eigenvalue weighted by molar-refractivity contribution is 9.10. The van der Waals surface area contributed by atoms with Gasteiger partial charge in [-0.2, -0.15) is 0 Å². The van der Waals surface area contributed by atoms with Crippen LogP contribution in [0.25, 0.3) is 11.3 Å². The topological polar surface area (TPSA) is 29.0 Å². The molecule has 4 heteroatoms. The maximum atomic E-state index is 4.90. The first kappa shape index (κ1) is 16.5. The molecular weight excluding hydrogens is 386 g/mol. The number of rotatable bonds is 4. The molecule has 26 heavy (non-hydrogen) atoms. The van der Waals surface area contributed by atoms with Crippen LogP contribution in [0.5, 0.6) is 0 Å². The Morgan fingerprint density at radius 2 is 1.19 bits per heavy atom. The standard InChI is InChI=1S/C22H16BrN3/c23-20-14-8-16-22(25-20)26(18-11-5-2-6-12-18)21-15-7-13-19(24-21)17-9-3-1-4-10-17/h1-16H. The molecule has 126 valence electrons. The van der Waals surface area contributed by atoms with E-state index in [2.05, 4.69) is 50.1 Å². The summed E-state index contributed by atoms with van der Waals surface area (Å²) in [5, 5.41) is 0. The number of hydrogen-bond donors (Lipinski definition) is 0. The summed E-state index contributed by atoms with van der Waals surface area (Å²) >= 11 is 3.47. The summed E-state index contributed by atoms with van der Waals surface area (Å²) in [6.45, 7) is 0. The predicted octanol–water partition coefficient (Wildman–Crippen LogP) is 6.38. The van der Waals surface area contributed by atoms with Crippen molar-refractivity contribution < 1.29 is 0 Å². The first-order valence-corrected chi connectivity index (χ1v) is 9.11. The molecule has 0 atom stereocenters. The minimum atomic E-state index is 0.787. The second-order valence-electron chi connectivity index (χ2n) is 5.74. The van der Waals surface area contributed by atoms with E-state index in [0.29, 0.717) is 0 Å². The lowest BCUT2D eigenvalue weighted by atomic mass is 10.1. The van der Waals surface area contributed by atoms with Gasteiger partial charge < -0.3 is 0 Å². The number of anilines is 3. The van der Waals surface area contributed by atoms with Gasteiger partial charge in [0.25, 0.3) is 0 Å². The maximum Gasteiger partial charge on any atom is 0.140 e. The van der Waals surface area contributed by atoms with Crippen molar-refractivity contribution in [1.82, 2.24) is 9.97 Å². The molecule has 2 aromatic carbocycles. The lowest BCUT2D eigenvalue weighted by Crippen LogP contribution is -2.13. The third-order valence-electron chi connectivity index (χ3n) is 3.98. The maximum absolute atomic E-state index is 4.90. The molecule has 3 nitrogen and oxygen atoms in total. The summed E-state index contributed by atoms with van der Waals surface area (Å²) in [6, 6.07) is 32.3. The number of para-hydroxylation sites is 1. The van der Waals surface area contributed by atoms with Crippen LogP contribution in [0.1, 0.15) is 0 Å². The Labute approximate surface area is 161 Å². The molecule has 4 rings (SSSR count). The van der Waals surface area contributed by atoms with Crippen LogP contribution in [-0.2, 0) is 0 Å². The van der Waals surface area contributed by atoms with Crippen LogP contribution in [0.4, 0.5) is 17.3 Å². The van der Waals surface area contributed by atoms with E-state index in [-0.39, 0.29) is 0 Å². The van der Waals surface area contributed by atoms with Crippen molar-refractivity contribution in [3.63, 3.8) is 0 Å². The van der Waals surface area contributed by atoms with Crippen LogP contribution in [0.15, 0.2) is 102 Å². The zero-order valence-electron chi connectivity index (χ0n) is 14.0. The molecule has 2 heterocycles. The smallest absolute Gasteiger partial charge is 0.140 e. The van der Waals surface area contributed by atoms with Crippen molar-refractivity contribution >= 4 is 33.3 Å². The minimum Gasteiger partial charge on any atom is -0.279 e. The van der Waals surface area contributed by atoms with Crippen molar-refractivity contribution in [2.75, 3.05) is 4.90 Å². The van der Waals surface area contributed by atoms with E-state index in [4.69, 9.17) is 4.98 Å². The first-order valence-electron chi connectivity index (χ1n) is 8.31. The van der Waals surface area contributed by atoms with Gasteiger partial charge in [0.15, 0.2) is 0 Å². The van der Waals surface area contributed by atoms with Crippen molar-refractivity contribution in [2.24, 2.45) is 0 Å². The highest BCUT2D eigenvalue weighted by Crippen LogP contribution is 2.33. The molecule has 0 saturated carbocycles. The fourth-order valence-corrected chi connectivity index (χ4v) is 3.13. The van der Waals surface area contributed by atoms with Crippen molar-refractivity contribution in [3.8, 4) is 11.3 Å². The summed E-state index contributed by atoms with van der Waals surface area (Å²) < 4.78 is 0.787. The number of benzene rings is 2. The number of halogens is 1. The molecule has 0 aliphatic heterocycles. The molecule has 2 aromatic heterocycles. The molecule has 0 radical (unpaired) electrons. The molecular formula is C22H16BrN3. The molecule has 4 aromatic rings. The van der Waals surface area contributed by atoms with E-state index >= 15 is 0 Å². The monoisotopic (exact) mass is 401 g/mol. The van der Waals surface area contributed by atoms with Crippen molar-refractivity contribution in [3.05, 3.63) is 102 Å². The second kappa shape index (κ2) is 7.50. The highest BCUT2D eigenvalue weighted by Gasteiger charge is 2.15. The number of aromatic nitrogens is 2. The van der Waals surface area contributed by atoms with E-state index in [9.17, 15) is 0 Å². The lowest BCUT2D eigenvalue weighted by molar-refractivity contribution is 1.12. The minimum absolute atomic E-state index is 0.787. The molecule has 0 fully saturated rings. The van der Waals surface area contributed by atoms with Crippen LogP contribution in [0.3, 0.4) is 0 Å². The van der Waals surface area contributed by atoms with Crippen LogP contribution in [-0.4, -0.2) is 9.97 Å². The second-order valence-corrected chi connectivity index (χ2v) is 6.55. The molecule has 0 bridgehead atoms. The third-order valence-corrected chi connectivity index (χ3v) is 4.42. The van der Waals surface area contributed by atoms with Gasteiger partial charge in [-0.15, -0.1) is 0 Å². The van der Waals surface area contributed by atoms with Gasteiger partial charge in [-0.1, -0.05) is 60.7 Å². The van der Waals surface area contributed by atoms with Crippen molar-refractivity contribution in [1.29, 1.82) is 0 Å². The largest absolute Gasteiger partial charge is 0.279 e. The fourth-order valence-electron chi connectivity index (χ4n) is 2.80. The van der Waals surface area contributed by atoms with E-state index in [1.54, 1.807) is 0 Å². The normalized spacial score (nSPS) is 10.5. The SMILES string of the molecule is Brc1cccc(N(c2ccccc2)c2cccc(-c3ccccc3)n2)n1. The van der Waals surface area contributed by atoms with Crippen LogP contribution in [0, 0.1) is 0 Å². The van der Waals surface area contributed by atoms with E-state index in [0.717, 1.165) is 33.2 Å². The van der Waals surface area contributed by atoms with Crippen molar-refractivity contribution in [2.45, 2.75) is 0 Å². The Kier molecular flexibility index (Phi) is 4.75. The van der Waals surface area contributed by atoms with Gasteiger partial charge >= 0.3 is 0 Å². The summed E-state index contributed by atoms with van der Waals surface area (Å²) in [5.74, 6) is 1.63. The van der Waals surface area contributed by atoms with Gasteiger partial charge in [-0.25, -0.2) is 9.97 Å². The van der Waals surface area contributed by atoms with Gasteiger partial charge in [-0.05, 0) is 52.3 Å². The van der Waals surface area contributed by atoms with Crippen LogP contribution >= 0.6 is 15.9 Å². The highest BCUT2D eigenvalue weighted by atomic mass is 79.9. The Balaban J connectivity index is 1.85. The fraction of sp³-hybridized carbons (Fsp3) is 0. The Morgan fingerprint density at radius 1 is 0.577 bits per heavy atom. The first-order chi connectivity index (χ1) is 12.8. The van der Waals surface area contributed by atoms with E-state index in [1.165, 1.54) is 0 Å². The summed E-state index contributed by atoms with van der Waals surface area (Å²) in [6.07, 6.45) is 0. The Bertz CT molecular complexity index is 1000. The van der Waals surface area contributed by atoms with Gasteiger partial charge in [0.1, 0.15) is 16.2 Å². The molecule has 0 amide bonds. The zero-order chi connectivity index (χ0) is 17.8. The van der Waals surface area contributed by atoms with Crippen LogP contribution < -0.4 is 4.90 Å². The van der Waals surface area contributed by atoms with Gasteiger partial charge in [0, 0.05) is 11.3 Å². The quantitative estimate of drug-likeness (QED) is 0.371. The number of pyridine rings is 2. The average molecular weight is 402 g/mol. The molecule has 0 saturated heterocycles. The van der Waals surface area contributed by atoms with E-state index < -0.39 is 0 Å². The number of nitrogens with zero attached hydrogens (tertiary/aromatic N) is 3. The summed E-state index contributed by atoms with van der Waals surface area (Å²) in [5.41, 5.74) is 3.03. The molecule has 0 aliphatic carbocycles. The Hall–Kier alpha value is -2.98. The lowest BCUT2D eigenvalue weighted by Gasteiger charge is -2.23. The molecule has 0 aliphatic rings. The summed E-state index contributed by atoms with van der Waals surface area (Å²) in [7, 11) is 0. The van der Waals surface area contributed by atoms with E-state index in [1.807, 2.05) is 72.8 Å². The summed E-state index contributed by atoms with van der Waals surface area (Å²) in [4.78, 5) is 11.6. The molecule has 0 spiro atoms. The molecule has 0 unspecified atom stereocenters. The number of hydrogen-bond acceptors (Lipinski definition) is 3. The van der Waals surface area contributed by atoms with Gasteiger partial charge in [-0.3, -0.25) is 4.90 Å².